The van der Waals surface area contributed by atoms with E-state index < -0.39 is 12.6 Å². The molecule has 0 atom stereocenters. The van der Waals surface area contributed by atoms with Crippen molar-refractivity contribution in [2.75, 3.05) is 0 Å². The van der Waals surface area contributed by atoms with E-state index in [1.807, 2.05) is 0 Å². The summed E-state index contributed by atoms with van der Waals surface area (Å²) in [6.07, 6.45) is -2.43. The Labute approximate surface area is 83.5 Å². The van der Waals surface area contributed by atoms with Crippen LogP contribution in [-0.4, -0.2) is 20.8 Å². The summed E-state index contributed by atoms with van der Waals surface area (Å²) in [6, 6.07) is 1.46. The minimum Gasteiger partial charge on any atom is -0.238 e. The smallest absolute Gasteiger partial charge is 0.238 e. The van der Waals surface area contributed by atoms with Gasteiger partial charge >= 0.3 is 6.18 Å². The van der Waals surface area contributed by atoms with Crippen LogP contribution in [0.3, 0.4) is 0 Å². The van der Waals surface area contributed by atoms with Gasteiger partial charge in [-0.2, -0.15) is 18.3 Å². The first-order valence-electron chi connectivity index (χ1n) is 4.31. The van der Waals surface area contributed by atoms with Gasteiger partial charge < -0.3 is 0 Å². The molecule has 0 amide bonds. The number of aryl methyl sites for hydroxylation is 1. The Kier molecular flexibility index (Phi) is 2.13. The monoisotopic (exact) mass is 215 g/mol. The van der Waals surface area contributed by atoms with Crippen molar-refractivity contribution in [1.29, 1.82) is 0 Å². The lowest BCUT2D eigenvalue weighted by Crippen LogP contribution is -2.10. The van der Waals surface area contributed by atoms with E-state index in [2.05, 4.69) is 10.1 Å². The highest BCUT2D eigenvalue weighted by Crippen LogP contribution is 2.22. The highest BCUT2D eigenvalue weighted by atomic mass is 19.4. The molecule has 0 bridgehead atoms. The average molecular weight is 215 g/mol. The van der Waals surface area contributed by atoms with Crippen molar-refractivity contribution in [1.82, 2.24) is 14.6 Å². The minimum atomic E-state index is -4.19. The number of hydrogen-bond donors (Lipinski definition) is 0. The Morgan fingerprint density at radius 2 is 2.13 bits per heavy atom. The van der Waals surface area contributed by atoms with Crippen LogP contribution in [0.15, 0.2) is 18.6 Å². The Morgan fingerprint density at radius 1 is 1.40 bits per heavy atom. The molecule has 0 unspecified atom stereocenters. The second-order valence-corrected chi connectivity index (χ2v) is 3.32. The van der Waals surface area contributed by atoms with Gasteiger partial charge in [-0.15, -0.1) is 0 Å². The summed E-state index contributed by atoms with van der Waals surface area (Å²) in [5.41, 5.74) is 1.47. The second-order valence-electron chi connectivity index (χ2n) is 3.32. The normalized spacial score (nSPS) is 12.3. The van der Waals surface area contributed by atoms with E-state index in [-0.39, 0.29) is 5.56 Å². The molecule has 0 fully saturated rings. The minimum absolute atomic E-state index is 0.200. The SMILES string of the molecule is Cc1ncnn2cc(CC(F)(F)F)cc12. The fourth-order valence-corrected chi connectivity index (χ4v) is 1.43. The summed E-state index contributed by atoms with van der Waals surface area (Å²) in [7, 11) is 0. The van der Waals surface area contributed by atoms with Crippen LogP contribution in [0.1, 0.15) is 11.3 Å². The lowest BCUT2D eigenvalue weighted by molar-refractivity contribution is -0.127. The predicted molar refractivity (Wildman–Crippen MR) is 47.5 cm³/mol. The van der Waals surface area contributed by atoms with Gasteiger partial charge in [-0.25, -0.2) is 9.50 Å². The van der Waals surface area contributed by atoms with Gasteiger partial charge in [0.2, 0.25) is 0 Å². The third-order valence-electron chi connectivity index (χ3n) is 2.06. The van der Waals surface area contributed by atoms with Crippen LogP contribution in [-0.2, 0) is 6.42 Å². The van der Waals surface area contributed by atoms with E-state index in [1.54, 1.807) is 6.92 Å². The van der Waals surface area contributed by atoms with Gasteiger partial charge in [0.25, 0.3) is 0 Å². The van der Waals surface area contributed by atoms with Gasteiger partial charge in [0.15, 0.2) is 0 Å². The van der Waals surface area contributed by atoms with E-state index in [9.17, 15) is 13.2 Å². The lowest BCUT2D eigenvalue weighted by atomic mass is 10.2. The molecule has 0 N–H and O–H groups in total. The summed E-state index contributed by atoms with van der Waals surface area (Å²) in [4.78, 5) is 3.90. The lowest BCUT2D eigenvalue weighted by Gasteiger charge is -2.02. The van der Waals surface area contributed by atoms with Crippen molar-refractivity contribution in [3.05, 3.63) is 29.8 Å². The van der Waals surface area contributed by atoms with Crippen molar-refractivity contribution < 1.29 is 13.2 Å². The molecule has 0 saturated heterocycles. The van der Waals surface area contributed by atoms with Gasteiger partial charge in [0, 0.05) is 6.20 Å². The molecule has 0 spiro atoms. The first-order chi connectivity index (χ1) is 6.96. The summed E-state index contributed by atoms with van der Waals surface area (Å²) in [5.74, 6) is 0. The number of nitrogens with zero attached hydrogens (tertiary/aromatic N) is 3. The van der Waals surface area contributed by atoms with Crippen molar-refractivity contribution in [3.8, 4) is 0 Å². The third-order valence-corrected chi connectivity index (χ3v) is 2.06. The molecular weight excluding hydrogens is 207 g/mol. The van der Waals surface area contributed by atoms with Crippen molar-refractivity contribution in [2.24, 2.45) is 0 Å². The highest BCUT2D eigenvalue weighted by Gasteiger charge is 2.28. The standard InChI is InChI=1S/C9H8F3N3/c1-6-8-2-7(3-9(10,11)12)4-15(8)14-5-13-6/h2,4-5H,3H2,1H3. The molecular formula is C9H8F3N3. The number of hydrogen-bond acceptors (Lipinski definition) is 2. The first-order valence-corrected chi connectivity index (χ1v) is 4.31. The summed E-state index contributed by atoms with van der Waals surface area (Å²) >= 11 is 0. The molecule has 2 rings (SSSR count). The van der Waals surface area contributed by atoms with Gasteiger partial charge in [-0.05, 0) is 18.6 Å². The molecule has 2 aromatic rings. The van der Waals surface area contributed by atoms with Crippen LogP contribution in [0.2, 0.25) is 0 Å². The Morgan fingerprint density at radius 3 is 2.73 bits per heavy atom. The van der Waals surface area contributed by atoms with Gasteiger partial charge in [0.05, 0.1) is 17.6 Å². The number of alkyl halides is 3. The maximum absolute atomic E-state index is 12.1. The maximum Gasteiger partial charge on any atom is 0.393 e. The van der Waals surface area contributed by atoms with Crippen molar-refractivity contribution >= 4 is 5.52 Å². The summed E-state index contributed by atoms with van der Waals surface area (Å²) in [6.45, 7) is 1.73. The predicted octanol–water partition coefficient (Wildman–Crippen LogP) is 2.14. The maximum atomic E-state index is 12.1. The van der Waals surface area contributed by atoms with Crippen molar-refractivity contribution in [2.45, 2.75) is 19.5 Å². The van der Waals surface area contributed by atoms with Crippen LogP contribution in [0, 0.1) is 6.92 Å². The molecule has 2 aromatic heterocycles. The number of fused-ring (bicyclic) bond motifs is 1. The Balaban J connectivity index is 2.44. The second kappa shape index (κ2) is 3.22. The number of halogens is 3. The zero-order valence-electron chi connectivity index (χ0n) is 7.91. The van der Waals surface area contributed by atoms with E-state index >= 15 is 0 Å². The molecule has 0 aliphatic carbocycles. The molecule has 0 aliphatic heterocycles. The molecule has 3 nitrogen and oxygen atoms in total. The van der Waals surface area contributed by atoms with E-state index in [1.165, 1.54) is 23.1 Å². The molecule has 2 heterocycles. The van der Waals surface area contributed by atoms with E-state index in [0.717, 1.165) is 0 Å². The molecule has 15 heavy (non-hydrogen) atoms. The molecule has 0 aromatic carbocycles. The zero-order chi connectivity index (χ0) is 11.1. The summed E-state index contributed by atoms with van der Waals surface area (Å²) in [5, 5.41) is 3.83. The summed E-state index contributed by atoms with van der Waals surface area (Å²) < 4.78 is 37.8. The van der Waals surface area contributed by atoms with Crippen molar-refractivity contribution in [3.63, 3.8) is 0 Å². The topological polar surface area (TPSA) is 30.2 Å². The molecule has 0 aliphatic rings. The van der Waals surface area contributed by atoms with Gasteiger partial charge in [0.1, 0.15) is 6.33 Å². The fourth-order valence-electron chi connectivity index (χ4n) is 1.43. The van der Waals surface area contributed by atoms with Gasteiger partial charge in [-0.1, -0.05) is 0 Å². The van der Waals surface area contributed by atoms with Gasteiger partial charge in [-0.3, -0.25) is 0 Å². The van der Waals surface area contributed by atoms with E-state index in [4.69, 9.17) is 0 Å². The fraction of sp³-hybridized carbons (Fsp3) is 0.333. The van der Waals surface area contributed by atoms with Crippen LogP contribution in [0.4, 0.5) is 13.2 Å². The van der Waals surface area contributed by atoms with E-state index in [0.29, 0.717) is 11.2 Å². The highest BCUT2D eigenvalue weighted by molar-refractivity contribution is 5.52. The molecule has 0 saturated carbocycles. The average Bonchev–Trinajstić information content (AvgIpc) is 2.45. The first kappa shape index (κ1) is 9.95. The van der Waals surface area contributed by atoms with Crippen LogP contribution in [0.5, 0.6) is 0 Å². The number of rotatable bonds is 1. The third kappa shape index (κ3) is 2.08. The molecule has 80 valence electrons. The molecule has 6 heteroatoms. The largest absolute Gasteiger partial charge is 0.393 e. The quantitative estimate of drug-likeness (QED) is 0.729. The van der Waals surface area contributed by atoms with Crippen LogP contribution < -0.4 is 0 Å². The van der Waals surface area contributed by atoms with Crippen LogP contribution in [0.25, 0.3) is 5.52 Å². The molecule has 0 radical (unpaired) electrons. The number of aromatic nitrogens is 3. The Hall–Kier alpha value is -1.59. The Bertz CT molecular complexity index is 487. The van der Waals surface area contributed by atoms with Crippen LogP contribution >= 0.6 is 0 Å². The zero-order valence-corrected chi connectivity index (χ0v) is 7.91.